The monoisotopic (exact) mass is 402 g/mol. The van der Waals surface area contributed by atoms with Crippen molar-refractivity contribution in [3.63, 3.8) is 0 Å². The number of hydrogen-bond donors (Lipinski definition) is 3. The lowest BCUT2D eigenvalue weighted by molar-refractivity contribution is -0.384. The Balaban J connectivity index is 2.47. The second-order valence-electron chi connectivity index (χ2n) is 5.38. The number of nitrogens with zero attached hydrogens (tertiary/aromatic N) is 1. The van der Waals surface area contributed by atoms with Crippen LogP contribution < -0.4 is 16.0 Å². The molecule has 0 bridgehead atoms. The molecule has 3 N–H and O–H groups in total. The molecule has 0 unspecified atom stereocenters. The van der Waals surface area contributed by atoms with Crippen molar-refractivity contribution in [2.45, 2.75) is 18.2 Å². The van der Waals surface area contributed by atoms with E-state index in [-0.39, 0.29) is 54.8 Å². The number of nitrogens with one attached hydrogen (secondary N) is 3. The minimum atomic E-state index is -3.56. The number of carbonyl (C=O) groups excluding carboxylic acids is 2. The highest BCUT2D eigenvalue weighted by Gasteiger charge is 2.18. The molecule has 12 heteroatoms. The smallest absolute Gasteiger partial charge is 0.407 e. The van der Waals surface area contributed by atoms with Gasteiger partial charge in [-0.2, -0.15) is 0 Å². The van der Waals surface area contributed by atoms with E-state index in [1.165, 1.54) is 12.1 Å². The van der Waals surface area contributed by atoms with Crippen LogP contribution in [0.3, 0.4) is 0 Å². The number of ether oxygens (including phenoxy) is 1. The van der Waals surface area contributed by atoms with Crippen LogP contribution in [0.5, 0.6) is 0 Å². The molecule has 11 nitrogen and oxygen atoms in total. The Kier molecular flexibility index (Phi) is 8.45. The Morgan fingerprint density at radius 2 is 1.89 bits per heavy atom. The summed E-state index contributed by atoms with van der Waals surface area (Å²) in [6, 6.07) is 3.56. The van der Waals surface area contributed by atoms with Crippen LogP contribution in [0.15, 0.2) is 23.1 Å². The molecule has 0 saturated heterocycles. The van der Waals surface area contributed by atoms with Crippen molar-refractivity contribution >= 4 is 33.2 Å². The molecular formula is C15H22N4O7S. The molecule has 0 spiro atoms. The fourth-order valence-corrected chi connectivity index (χ4v) is 2.63. The van der Waals surface area contributed by atoms with Crippen molar-refractivity contribution < 1.29 is 27.7 Å². The van der Waals surface area contributed by atoms with Gasteiger partial charge in [-0.15, -0.1) is 0 Å². The van der Waals surface area contributed by atoms with E-state index < -0.39 is 20.9 Å². The highest BCUT2D eigenvalue weighted by atomic mass is 32.2. The van der Waals surface area contributed by atoms with Crippen molar-refractivity contribution in [1.29, 1.82) is 0 Å². The molecule has 0 aliphatic heterocycles. The number of sulfone groups is 1. The molecule has 27 heavy (non-hydrogen) atoms. The molecule has 1 rings (SSSR count). The fourth-order valence-electron chi connectivity index (χ4n) is 1.99. The maximum atomic E-state index is 11.6. The van der Waals surface area contributed by atoms with Gasteiger partial charge in [-0.05, 0) is 19.1 Å². The molecule has 0 saturated carbocycles. The number of hydrogen-bond acceptors (Lipinski definition) is 8. The van der Waals surface area contributed by atoms with E-state index in [1.807, 2.05) is 0 Å². The SMILES string of the molecule is CCOC(=O)NCCC(=O)NCCNc1ccc(S(C)(=O)=O)cc1[N+](=O)[O-]. The van der Waals surface area contributed by atoms with Crippen LogP contribution in [-0.4, -0.2) is 57.8 Å². The number of amides is 2. The summed E-state index contributed by atoms with van der Waals surface area (Å²) in [6.45, 7) is 2.40. The first-order valence-corrected chi connectivity index (χ1v) is 9.94. The molecule has 0 fully saturated rings. The maximum absolute atomic E-state index is 11.6. The van der Waals surface area contributed by atoms with E-state index in [1.54, 1.807) is 6.92 Å². The molecule has 0 heterocycles. The lowest BCUT2D eigenvalue weighted by Gasteiger charge is -2.10. The number of nitro groups is 1. The summed E-state index contributed by atoms with van der Waals surface area (Å²) in [4.78, 5) is 32.9. The van der Waals surface area contributed by atoms with Gasteiger partial charge >= 0.3 is 6.09 Å². The van der Waals surface area contributed by atoms with Crippen LogP contribution in [0.4, 0.5) is 16.2 Å². The average molecular weight is 402 g/mol. The third-order valence-electron chi connectivity index (χ3n) is 3.25. The standard InChI is InChI=1S/C15H22N4O7S/c1-3-26-15(21)18-7-6-14(20)17-9-8-16-12-5-4-11(27(2,24)25)10-13(12)19(22)23/h4-5,10,16H,3,6-9H2,1-2H3,(H,17,20)(H,18,21). The van der Waals surface area contributed by atoms with E-state index in [2.05, 4.69) is 20.7 Å². The summed E-state index contributed by atoms with van der Waals surface area (Å²) in [5, 5.41) is 18.9. The fraction of sp³-hybridized carbons (Fsp3) is 0.467. The Bertz CT molecular complexity index is 795. The molecule has 0 atom stereocenters. The number of nitro benzene ring substituents is 1. The molecule has 1 aromatic carbocycles. The van der Waals surface area contributed by atoms with Crippen LogP contribution >= 0.6 is 0 Å². The number of carbonyl (C=O) groups is 2. The molecule has 0 aromatic heterocycles. The summed E-state index contributed by atoms with van der Waals surface area (Å²) < 4.78 is 27.6. The van der Waals surface area contributed by atoms with E-state index in [0.29, 0.717) is 0 Å². The van der Waals surface area contributed by atoms with Crippen molar-refractivity contribution in [2.75, 3.05) is 37.8 Å². The molecule has 0 aliphatic carbocycles. The minimum Gasteiger partial charge on any atom is -0.450 e. The number of rotatable bonds is 10. The summed E-state index contributed by atoms with van der Waals surface area (Å²) in [6.07, 6.45) is 0.421. The van der Waals surface area contributed by atoms with Gasteiger partial charge in [-0.25, -0.2) is 13.2 Å². The van der Waals surface area contributed by atoms with Crippen LogP contribution in [0.1, 0.15) is 13.3 Å². The summed E-state index contributed by atoms with van der Waals surface area (Å²) in [7, 11) is -3.56. The van der Waals surface area contributed by atoms with E-state index >= 15 is 0 Å². The summed E-state index contributed by atoms with van der Waals surface area (Å²) >= 11 is 0. The highest BCUT2D eigenvalue weighted by molar-refractivity contribution is 7.90. The van der Waals surface area contributed by atoms with Crippen LogP contribution in [0, 0.1) is 10.1 Å². The third kappa shape index (κ3) is 7.90. The Hall–Kier alpha value is -2.89. The first-order chi connectivity index (χ1) is 12.6. The normalized spacial score (nSPS) is 10.7. The number of benzene rings is 1. The number of anilines is 1. The Morgan fingerprint density at radius 1 is 1.19 bits per heavy atom. The van der Waals surface area contributed by atoms with Gasteiger partial charge in [0, 0.05) is 38.4 Å². The van der Waals surface area contributed by atoms with Crippen molar-refractivity contribution in [3.05, 3.63) is 28.3 Å². The first kappa shape index (κ1) is 22.2. The Morgan fingerprint density at radius 3 is 2.48 bits per heavy atom. The topological polar surface area (TPSA) is 157 Å². The van der Waals surface area contributed by atoms with Crippen molar-refractivity contribution in [2.24, 2.45) is 0 Å². The summed E-state index contributed by atoms with van der Waals surface area (Å²) in [5.41, 5.74) is -0.228. The zero-order valence-electron chi connectivity index (χ0n) is 15.0. The van der Waals surface area contributed by atoms with Gasteiger partial charge < -0.3 is 20.7 Å². The molecule has 1 aromatic rings. The number of alkyl carbamates (subject to hydrolysis) is 1. The average Bonchev–Trinajstić information content (AvgIpc) is 2.58. The van der Waals surface area contributed by atoms with Gasteiger partial charge in [0.15, 0.2) is 9.84 Å². The van der Waals surface area contributed by atoms with Crippen LogP contribution in [0.2, 0.25) is 0 Å². The van der Waals surface area contributed by atoms with Gasteiger partial charge in [-0.1, -0.05) is 0 Å². The predicted octanol–water partition coefficient (Wildman–Crippen LogP) is 0.663. The summed E-state index contributed by atoms with van der Waals surface area (Å²) in [5.74, 6) is -0.310. The lowest BCUT2D eigenvalue weighted by Crippen LogP contribution is -2.33. The van der Waals surface area contributed by atoms with Gasteiger partial charge in [0.25, 0.3) is 5.69 Å². The Labute approximate surface area is 156 Å². The van der Waals surface area contributed by atoms with Gasteiger partial charge in [0.1, 0.15) is 5.69 Å². The molecule has 0 radical (unpaired) electrons. The van der Waals surface area contributed by atoms with Crippen molar-refractivity contribution in [1.82, 2.24) is 10.6 Å². The third-order valence-corrected chi connectivity index (χ3v) is 4.36. The molecule has 150 valence electrons. The van der Waals surface area contributed by atoms with Gasteiger partial charge in [-0.3, -0.25) is 14.9 Å². The van der Waals surface area contributed by atoms with Crippen LogP contribution in [0.25, 0.3) is 0 Å². The zero-order chi connectivity index (χ0) is 20.4. The van der Waals surface area contributed by atoms with Gasteiger partial charge in [0.05, 0.1) is 16.4 Å². The quantitative estimate of drug-likeness (QED) is 0.293. The second-order valence-corrected chi connectivity index (χ2v) is 7.40. The minimum absolute atomic E-state index is 0.0576. The highest BCUT2D eigenvalue weighted by Crippen LogP contribution is 2.27. The second kappa shape index (κ2) is 10.3. The van der Waals surface area contributed by atoms with Gasteiger partial charge in [0.2, 0.25) is 5.91 Å². The predicted molar refractivity (Wildman–Crippen MR) is 97.3 cm³/mol. The molecule has 0 aliphatic rings. The van der Waals surface area contributed by atoms with E-state index in [4.69, 9.17) is 0 Å². The van der Waals surface area contributed by atoms with E-state index in [9.17, 15) is 28.1 Å². The lowest BCUT2D eigenvalue weighted by atomic mass is 10.2. The van der Waals surface area contributed by atoms with Crippen molar-refractivity contribution in [3.8, 4) is 0 Å². The van der Waals surface area contributed by atoms with Crippen LogP contribution in [-0.2, 0) is 19.4 Å². The van der Waals surface area contributed by atoms with E-state index in [0.717, 1.165) is 12.3 Å². The largest absolute Gasteiger partial charge is 0.450 e. The molecular weight excluding hydrogens is 380 g/mol. The molecule has 2 amide bonds. The first-order valence-electron chi connectivity index (χ1n) is 8.04. The maximum Gasteiger partial charge on any atom is 0.407 e. The zero-order valence-corrected chi connectivity index (χ0v) is 15.8.